The van der Waals surface area contributed by atoms with E-state index in [0.717, 1.165) is 12.8 Å². The molecule has 0 amide bonds. The summed E-state index contributed by atoms with van der Waals surface area (Å²) in [6, 6.07) is 0. The molecule has 0 unspecified atom stereocenters. The van der Waals surface area contributed by atoms with Gasteiger partial charge in [-0.3, -0.25) is 10.3 Å². The molecular formula is C10H18F3N3. The summed E-state index contributed by atoms with van der Waals surface area (Å²) < 4.78 is 36.7. The van der Waals surface area contributed by atoms with E-state index < -0.39 is 12.7 Å². The molecule has 1 fully saturated rings. The van der Waals surface area contributed by atoms with Crippen molar-refractivity contribution >= 4 is 5.84 Å². The third-order valence-electron chi connectivity index (χ3n) is 2.93. The van der Waals surface area contributed by atoms with Gasteiger partial charge in [0.1, 0.15) is 0 Å². The maximum absolute atomic E-state index is 12.2. The van der Waals surface area contributed by atoms with Crippen molar-refractivity contribution in [2.75, 3.05) is 19.6 Å². The Morgan fingerprint density at radius 3 is 2.31 bits per heavy atom. The molecule has 0 aromatic rings. The number of rotatable bonds is 6. The Morgan fingerprint density at radius 2 is 2.00 bits per heavy atom. The predicted octanol–water partition coefficient (Wildman–Crippen LogP) is 1.98. The first-order chi connectivity index (χ1) is 7.26. The quantitative estimate of drug-likeness (QED) is 0.548. The smallest absolute Gasteiger partial charge is 0.388 e. The van der Waals surface area contributed by atoms with Crippen LogP contribution in [-0.2, 0) is 0 Å². The van der Waals surface area contributed by atoms with Gasteiger partial charge in [0.15, 0.2) is 0 Å². The van der Waals surface area contributed by atoms with Gasteiger partial charge in [0.25, 0.3) is 0 Å². The zero-order valence-corrected chi connectivity index (χ0v) is 9.40. The summed E-state index contributed by atoms with van der Waals surface area (Å²) in [6.07, 6.45) is -1.98. The molecule has 16 heavy (non-hydrogen) atoms. The van der Waals surface area contributed by atoms with Crippen molar-refractivity contribution in [1.82, 2.24) is 4.90 Å². The molecule has 0 aromatic carbocycles. The molecule has 1 saturated carbocycles. The van der Waals surface area contributed by atoms with Crippen molar-refractivity contribution in [2.24, 2.45) is 11.1 Å². The molecular weight excluding hydrogens is 219 g/mol. The van der Waals surface area contributed by atoms with Crippen molar-refractivity contribution in [3.63, 3.8) is 0 Å². The molecule has 0 atom stereocenters. The summed E-state index contributed by atoms with van der Waals surface area (Å²) in [7, 11) is 0. The highest BCUT2D eigenvalue weighted by atomic mass is 19.4. The van der Waals surface area contributed by atoms with Gasteiger partial charge < -0.3 is 5.73 Å². The summed E-state index contributed by atoms with van der Waals surface area (Å²) in [5, 5.41) is 7.21. The number of nitrogens with zero attached hydrogens (tertiary/aromatic N) is 1. The second-order valence-corrected chi connectivity index (χ2v) is 4.62. The van der Waals surface area contributed by atoms with Crippen molar-refractivity contribution in [2.45, 2.75) is 32.4 Å². The molecule has 94 valence electrons. The number of alkyl halides is 3. The Morgan fingerprint density at radius 1 is 1.44 bits per heavy atom. The molecule has 1 aliphatic carbocycles. The van der Waals surface area contributed by atoms with Gasteiger partial charge in [-0.1, -0.05) is 6.92 Å². The van der Waals surface area contributed by atoms with Crippen LogP contribution in [0.1, 0.15) is 26.2 Å². The number of nitrogens with one attached hydrogen (secondary N) is 1. The summed E-state index contributed by atoms with van der Waals surface area (Å²) >= 11 is 0. The molecule has 1 aliphatic rings. The van der Waals surface area contributed by atoms with Crippen LogP contribution >= 0.6 is 0 Å². The normalized spacial score (nSPS) is 18.8. The zero-order valence-electron chi connectivity index (χ0n) is 9.40. The molecule has 0 heterocycles. The van der Waals surface area contributed by atoms with E-state index in [1.165, 1.54) is 4.90 Å². The first-order valence-electron chi connectivity index (χ1n) is 5.38. The summed E-state index contributed by atoms with van der Waals surface area (Å²) in [5.74, 6) is 0.0700. The Bertz CT molecular complexity index is 259. The van der Waals surface area contributed by atoms with Crippen molar-refractivity contribution in [3.05, 3.63) is 0 Å². The fourth-order valence-electron chi connectivity index (χ4n) is 1.98. The summed E-state index contributed by atoms with van der Waals surface area (Å²) in [4.78, 5) is 1.38. The van der Waals surface area contributed by atoms with Crippen LogP contribution in [0, 0.1) is 10.8 Å². The lowest BCUT2D eigenvalue weighted by molar-refractivity contribution is -0.147. The maximum atomic E-state index is 12.2. The highest BCUT2D eigenvalue weighted by Crippen LogP contribution is 2.49. The number of hydrogen-bond acceptors (Lipinski definition) is 2. The van der Waals surface area contributed by atoms with Crippen molar-refractivity contribution in [1.29, 1.82) is 5.41 Å². The Labute approximate surface area is 93.3 Å². The molecule has 3 N–H and O–H groups in total. The molecule has 0 bridgehead atoms. The van der Waals surface area contributed by atoms with Gasteiger partial charge in [-0.25, -0.2) is 0 Å². The van der Waals surface area contributed by atoms with E-state index >= 15 is 0 Å². The minimum absolute atomic E-state index is 0.0700. The average molecular weight is 237 g/mol. The van der Waals surface area contributed by atoms with E-state index in [2.05, 4.69) is 0 Å². The van der Waals surface area contributed by atoms with Crippen LogP contribution in [0.2, 0.25) is 0 Å². The van der Waals surface area contributed by atoms with Crippen LogP contribution in [-0.4, -0.2) is 36.5 Å². The van der Waals surface area contributed by atoms with Crippen molar-refractivity contribution in [3.8, 4) is 0 Å². The van der Waals surface area contributed by atoms with E-state index in [-0.39, 0.29) is 11.3 Å². The Kier molecular flexibility index (Phi) is 3.83. The molecule has 0 spiro atoms. The monoisotopic (exact) mass is 237 g/mol. The van der Waals surface area contributed by atoms with Crippen LogP contribution in [0.15, 0.2) is 0 Å². The first kappa shape index (κ1) is 13.3. The lowest BCUT2D eigenvalue weighted by atomic mass is 10.0. The summed E-state index contributed by atoms with van der Waals surface area (Å²) in [6.45, 7) is 1.61. The lowest BCUT2D eigenvalue weighted by Crippen LogP contribution is -2.39. The zero-order chi connectivity index (χ0) is 12.4. The Balaban J connectivity index is 2.47. The maximum Gasteiger partial charge on any atom is 0.401 e. The SMILES string of the molecule is CCN(CC(F)(F)F)CC1(CC(=N)N)CC1. The van der Waals surface area contributed by atoms with Gasteiger partial charge in [-0.2, -0.15) is 13.2 Å². The standard InChI is InChI=1S/C10H18F3N3/c1-2-16(7-10(11,12)13)6-9(3-4-9)5-8(14)15/h2-7H2,1H3,(H3,14,15). The van der Waals surface area contributed by atoms with Gasteiger partial charge in [-0.15, -0.1) is 0 Å². The van der Waals surface area contributed by atoms with Crippen LogP contribution in [0.25, 0.3) is 0 Å². The molecule has 0 aliphatic heterocycles. The third-order valence-corrected chi connectivity index (χ3v) is 2.93. The topological polar surface area (TPSA) is 53.1 Å². The highest BCUT2D eigenvalue weighted by molar-refractivity contribution is 5.78. The second kappa shape index (κ2) is 4.61. The summed E-state index contributed by atoms with van der Waals surface area (Å²) in [5.41, 5.74) is 5.15. The minimum Gasteiger partial charge on any atom is -0.388 e. The minimum atomic E-state index is -4.15. The van der Waals surface area contributed by atoms with Crippen LogP contribution in [0.3, 0.4) is 0 Å². The van der Waals surface area contributed by atoms with Crippen molar-refractivity contribution < 1.29 is 13.2 Å². The second-order valence-electron chi connectivity index (χ2n) is 4.62. The van der Waals surface area contributed by atoms with Gasteiger partial charge in [-0.05, 0) is 24.8 Å². The molecule has 1 rings (SSSR count). The van der Waals surface area contributed by atoms with E-state index in [1.54, 1.807) is 6.92 Å². The van der Waals surface area contributed by atoms with E-state index in [9.17, 15) is 13.2 Å². The fourth-order valence-corrected chi connectivity index (χ4v) is 1.98. The number of hydrogen-bond donors (Lipinski definition) is 2. The number of amidine groups is 1. The molecule has 0 radical (unpaired) electrons. The van der Waals surface area contributed by atoms with Gasteiger partial charge in [0.2, 0.25) is 0 Å². The van der Waals surface area contributed by atoms with E-state index in [4.69, 9.17) is 11.1 Å². The Hall–Kier alpha value is -0.780. The van der Waals surface area contributed by atoms with E-state index in [1.807, 2.05) is 0 Å². The first-order valence-corrected chi connectivity index (χ1v) is 5.38. The van der Waals surface area contributed by atoms with E-state index in [0.29, 0.717) is 19.5 Å². The van der Waals surface area contributed by atoms with Crippen LogP contribution in [0.4, 0.5) is 13.2 Å². The number of halogens is 3. The lowest BCUT2D eigenvalue weighted by Gasteiger charge is -2.26. The van der Waals surface area contributed by atoms with Crippen LogP contribution in [0.5, 0.6) is 0 Å². The predicted molar refractivity (Wildman–Crippen MR) is 56.4 cm³/mol. The van der Waals surface area contributed by atoms with Gasteiger partial charge in [0, 0.05) is 13.0 Å². The van der Waals surface area contributed by atoms with Gasteiger partial charge >= 0.3 is 6.18 Å². The third kappa shape index (κ3) is 4.38. The fraction of sp³-hybridized carbons (Fsp3) is 0.900. The van der Waals surface area contributed by atoms with Gasteiger partial charge in [0.05, 0.1) is 12.4 Å². The highest BCUT2D eigenvalue weighted by Gasteiger charge is 2.45. The average Bonchev–Trinajstić information content (AvgIpc) is 2.80. The number of nitrogens with two attached hydrogens (primary N) is 1. The largest absolute Gasteiger partial charge is 0.401 e. The molecule has 0 saturated heterocycles. The molecule has 3 nitrogen and oxygen atoms in total. The van der Waals surface area contributed by atoms with Crippen LogP contribution < -0.4 is 5.73 Å². The molecule has 6 heteroatoms. The molecule has 0 aromatic heterocycles.